The van der Waals surface area contributed by atoms with Gasteiger partial charge in [-0.3, -0.25) is 11.3 Å². The van der Waals surface area contributed by atoms with Crippen molar-refractivity contribution < 1.29 is 4.39 Å². The molecule has 90 valence electrons. The standard InChI is InChI=1S/C13H21FN2/c1-4-5-10(3)13(16-15)11-6-9(2)7-12(14)8-11/h6-8,10,13,16H,4-5,15H2,1-3H3. The van der Waals surface area contributed by atoms with E-state index in [4.69, 9.17) is 5.84 Å². The Morgan fingerprint density at radius 3 is 2.56 bits per heavy atom. The molecule has 0 bridgehead atoms. The van der Waals surface area contributed by atoms with Gasteiger partial charge in [0.05, 0.1) is 0 Å². The van der Waals surface area contributed by atoms with Crippen molar-refractivity contribution in [2.75, 3.05) is 0 Å². The minimum atomic E-state index is -0.195. The number of halogens is 1. The summed E-state index contributed by atoms with van der Waals surface area (Å²) in [6.45, 7) is 6.17. The van der Waals surface area contributed by atoms with Gasteiger partial charge in [0.1, 0.15) is 5.82 Å². The molecular formula is C13H21FN2. The summed E-state index contributed by atoms with van der Waals surface area (Å²) in [4.78, 5) is 0. The number of nitrogens with two attached hydrogens (primary N) is 1. The molecule has 1 rings (SSSR count). The zero-order valence-corrected chi connectivity index (χ0v) is 10.3. The molecule has 0 amide bonds. The van der Waals surface area contributed by atoms with E-state index in [-0.39, 0.29) is 11.9 Å². The lowest BCUT2D eigenvalue weighted by Crippen LogP contribution is -2.32. The second-order valence-corrected chi connectivity index (χ2v) is 4.47. The molecule has 0 saturated heterocycles. The molecule has 1 aromatic carbocycles. The Kier molecular flexibility index (Phi) is 4.90. The van der Waals surface area contributed by atoms with E-state index in [1.54, 1.807) is 6.07 Å². The molecule has 0 aliphatic heterocycles. The van der Waals surface area contributed by atoms with Crippen LogP contribution in [0, 0.1) is 18.7 Å². The Labute approximate surface area is 97.0 Å². The van der Waals surface area contributed by atoms with Crippen molar-refractivity contribution in [3.8, 4) is 0 Å². The van der Waals surface area contributed by atoms with Crippen LogP contribution in [0.4, 0.5) is 4.39 Å². The van der Waals surface area contributed by atoms with Crippen molar-refractivity contribution in [3.63, 3.8) is 0 Å². The average Bonchev–Trinajstić information content (AvgIpc) is 2.17. The third kappa shape index (κ3) is 3.29. The zero-order valence-electron chi connectivity index (χ0n) is 10.3. The first kappa shape index (κ1) is 13.1. The SMILES string of the molecule is CCCC(C)C(NN)c1cc(C)cc(F)c1. The van der Waals surface area contributed by atoms with Gasteiger partial charge in [0.15, 0.2) is 0 Å². The summed E-state index contributed by atoms with van der Waals surface area (Å²) in [5, 5.41) is 0. The average molecular weight is 224 g/mol. The monoisotopic (exact) mass is 224 g/mol. The topological polar surface area (TPSA) is 38.0 Å². The van der Waals surface area contributed by atoms with E-state index in [0.29, 0.717) is 5.92 Å². The first-order chi connectivity index (χ1) is 7.58. The van der Waals surface area contributed by atoms with Gasteiger partial charge < -0.3 is 0 Å². The summed E-state index contributed by atoms with van der Waals surface area (Å²) < 4.78 is 13.3. The van der Waals surface area contributed by atoms with E-state index in [9.17, 15) is 4.39 Å². The van der Waals surface area contributed by atoms with E-state index >= 15 is 0 Å². The predicted molar refractivity (Wildman–Crippen MR) is 65.3 cm³/mol. The lowest BCUT2D eigenvalue weighted by Gasteiger charge is -2.23. The summed E-state index contributed by atoms with van der Waals surface area (Å²) in [5.41, 5.74) is 4.65. The highest BCUT2D eigenvalue weighted by atomic mass is 19.1. The molecule has 2 unspecified atom stereocenters. The summed E-state index contributed by atoms with van der Waals surface area (Å²) in [6, 6.07) is 5.10. The van der Waals surface area contributed by atoms with Gasteiger partial charge >= 0.3 is 0 Å². The van der Waals surface area contributed by atoms with Gasteiger partial charge in [-0.05, 0) is 42.5 Å². The van der Waals surface area contributed by atoms with Crippen LogP contribution in [0.15, 0.2) is 18.2 Å². The molecular weight excluding hydrogens is 203 g/mol. The largest absolute Gasteiger partial charge is 0.271 e. The van der Waals surface area contributed by atoms with E-state index in [1.807, 2.05) is 13.0 Å². The highest BCUT2D eigenvalue weighted by Crippen LogP contribution is 2.26. The summed E-state index contributed by atoms with van der Waals surface area (Å²) in [6.07, 6.45) is 2.18. The van der Waals surface area contributed by atoms with Crippen LogP contribution in [0.2, 0.25) is 0 Å². The molecule has 0 aliphatic rings. The van der Waals surface area contributed by atoms with E-state index in [2.05, 4.69) is 19.3 Å². The Morgan fingerprint density at radius 1 is 1.38 bits per heavy atom. The Morgan fingerprint density at radius 2 is 2.06 bits per heavy atom. The van der Waals surface area contributed by atoms with Gasteiger partial charge in [-0.2, -0.15) is 0 Å². The van der Waals surface area contributed by atoms with Crippen molar-refractivity contribution in [3.05, 3.63) is 35.1 Å². The Hall–Kier alpha value is -0.930. The molecule has 2 nitrogen and oxygen atoms in total. The third-order valence-electron chi connectivity index (χ3n) is 2.92. The van der Waals surface area contributed by atoms with Crippen molar-refractivity contribution in [1.82, 2.24) is 5.43 Å². The highest BCUT2D eigenvalue weighted by Gasteiger charge is 2.17. The third-order valence-corrected chi connectivity index (χ3v) is 2.92. The second kappa shape index (κ2) is 5.97. The zero-order chi connectivity index (χ0) is 12.1. The van der Waals surface area contributed by atoms with Crippen LogP contribution < -0.4 is 11.3 Å². The number of hydrogen-bond donors (Lipinski definition) is 2. The fourth-order valence-electron chi connectivity index (χ4n) is 2.16. The number of aryl methyl sites for hydroxylation is 1. The molecule has 0 heterocycles. The van der Waals surface area contributed by atoms with Crippen molar-refractivity contribution in [1.29, 1.82) is 0 Å². The van der Waals surface area contributed by atoms with Crippen LogP contribution in [0.25, 0.3) is 0 Å². The van der Waals surface area contributed by atoms with Crippen LogP contribution >= 0.6 is 0 Å². The molecule has 0 radical (unpaired) electrons. The maximum atomic E-state index is 13.3. The van der Waals surface area contributed by atoms with Crippen molar-refractivity contribution in [2.24, 2.45) is 11.8 Å². The summed E-state index contributed by atoms with van der Waals surface area (Å²) in [5.74, 6) is 5.77. The van der Waals surface area contributed by atoms with Crippen molar-refractivity contribution >= 4 is 0 Å². The number of rotatable bonds is 5. The lowest BCUT2D eigenvalue weighted by atomic mass is 9.91. The van der Waals surface area contributed by atoms with Gasteiger partial charge in [-0.1, -0.05) is 26.3 Å². The molecule has 0 fully saturated rings. The molecule has 0 saturated carbocycles. The first-order valence-electron chi connectivity index (χ1n) is 5.81. The van der Waals surface area contributed by atoms with Gasteiger partial charge in [0, 0.05) is 6.04 Å². The number of nitrogens with one attached hydrogen (secondary N) is 1. The molecule has 3 N–H and O–H groups in total. The predicted octanol–water partition coefficient (Wildman–Crippen LogP) is 3.07. The molecule has 16 heavy (non-hydrogen) atoms. The van der Waals surface area contributed by atoms with Crippen LogP contribution in [0.5, 0.6) is 0 Å². The fraction of sp³-hybridized carbons (Fsp3) is 0.538. The fourth-order valence-corrected chi connectivity index (χ4v) is 2.16. The van der Waals surface area contributed by atoms with Crippen LogP contribution in [0.3, 0.4) is 0 Å². The molecule has 2 atom stereocenters. The molecule has 0 aromatic heterocycles. The van der Waals surface area contributed by atoms with Gasteiger partial charge in [-0.15, -0.1) is 0 Å². The van der Waals surface area contributed by atoms with Crippen LogP contribution in [-0.2, 0) is 0 Å². The quantitative estimate of drug-likeness (QED) is 0.596. The van der Waals surface area contributed by atoms with E-state index < -0.39 is 0 Å². The van der Waals surface area contributed by atoms with Crippen LogP contribution in [-0.4, -0.2) is 0 Å². The van der Waals surface area contributed by atoms with Gasteiger partial charge in [-0.25, -0.2) is 4.39 Å². The summed E-state index contributed by atoms with van der Waals surface area (Å²) in [7, 11) is 0. The molecule has 0 spiro atoms. The Bertz CT molecular complexity index is 318. The normalized spacial score (nSPS) is 14.8. The van der Waals surface area contributed by atoms with E-state index in [0.717, 1.165) is 24.0 Å². The van der Waals surface area contributed by atoms with E-state index in [1.165, 1.54) is 6.07 Å². The Balaban J connectivity index is 2.94. The number of hydrogen-bond acceptors (Lipinski definition) is 2. The number of hydrazine groups is 1. The molecule has 1 aromatic rings. The van der Waals surface area contributed by atoms with Crippen molar-refractivity contribution in [2.45, 2.75) is 39.7 Å². The van der Waals surface area contributed by atoms with Gasteiger partial charge in [0.2, 0.25) is 0 Å². The molecule has 3 heteroatoms. The minimum absolute atomic E-state index is 0.0225. The van der Waals surface area contributed by atoms with Gasteiger partial charge in [0.25, 0.3) is 0 Å². The summed E-state index contributed by atoms with van der Waals surface area (Å²) >= 11 is 0. The van der Waals surface area contributed by atoms with Crippen LogP contribution in [0.1, 0.15) is 43.9 Å². The maximum Gasteiger partial charge on any atom is 0.123 e. The molecule has 0 aliphatic carbocycles. The smallest absolute Gasteiger partial charge is 0.123 e. The minimum Gasteiger partial charge on any atom is -0.271 e. The first-order valence-corrected chi connectivity index (χ1v) is 5.81. The maximum absolute atomic E-state index is 13.3. The highest BCUT2D eigenvalue weighted by molar-refractivity contribution is 5.26. The lowest BCUT2D eigenvalue weighted by molar-refractivity contribution is 0.367. The second-order valence-electron chi connectivity index (χ2n) is 4.47. The number of benzene rings is 1.